The molecule has 0 bridgehead atoms. The zero-order chi connectivity index (χ0) is 13.7. The summed E-state index contributed by atoms with van der Waals surface area (Å²) in [4.78, 5) is 2.55. The van der Waals surface area contributed by atoms with E-state index in [1.165, 1.54) is 37.7 Å². The largest absolute Gasteiger partial charge is 0.488 e. The Balaban J connectivity index is 2.03. The van der Waals surface area contributed by atoms with E-state index in [-0.39, 0.29) is 0 Å². The number of hydrogen-bond donors (Lipinski definition) is 2. The Morgan fingerprint density at radius 1 is 1.32 bits per heavy atom. The van der Waals surface area contributed by atoms with E-state index >= 15 is 0 Å². The summed E-state index contributed by atoms with van der Waals surface area (Å²) in [7, 11) is -1.37. The van der Waals surface area contributed by atoms with Crippen LogP contribution in [0, 0.1) is 0 Å². The van der Waals surface area contributed by atoms with E-state index in [0.29, 0.717) is 11.5 Å². The minimum atomic E-state index is -1.37. The molecule has 1 unspecified atom stereocenters. The molecule has 1 aromatic rings. The maximum absolute atomic E-state index is 9.23. The van der Waals surface area contributed by atoms with Gasteiger partial charge >= 0.3 is 7.12 Å². The number of benzene rings is 1. The van der Waals surface area contributed by atoms with Crippen LogP contribution in [0.15, 0.2) is 24.3 Å². The SMILES string of the molecule is CCCC1CCCCN1Cc1cccc(B(O)O)c1. The van der Waals surface area contributed by atoms with Crippen molar-refractivity contribution in [1.82, 2.24) is 4.90 Å². The molecule has 104 valence electrons. The Bertz CT molecular complexity index is 395. The molecule has 1 atom stereocenters. The van der Waals surface area contributed by atoms with Crippen LogP contribution in [-0.2, 0) is 6.54 Å². The number of piperidine rings is 1. The van der Waals surface area contributed by atoms with Gasteiger partial charge in [-0.15, -0.1) is 0 Å². The first kappa shape index (κ1) is 14.6. The van der Waals surface area contributed by atoms with Gasteiger partial charge in [0, 0.05) is 12.6 Å². The standard InChI is InChI=1S/C15H24BNO2/c1-2-6-15-9-3-4-10-17(15)12-13-7-5-8-14(11-13)16(18)19/h5,7-8,11,15,18-19H,2-4,6,9-10,12H2,1H3. The van der Waals surface area contributed by atoms with Crippen LogP contribution in [0.3, 0.4) is 0 Å². The monoisotopic (exact) mass is 261 g/mol. The summed E-state index contributed by atoms with van der Waals surface area (Å²) in [5.41, 5.74) is 1.76. The van der Waals surface area contributed by atoms with Crippen molar-refractivity contribution in [3.05, 3.63) is 29.8 Å². The van der Waals surface area contributed by atoms with Crippen molar-refractivity contribution in [2.24, 2.45) is 0 Å². The van der Waals surface area contributed by atoms with Gasteiger partial charge in [-0.2, -0.15) is 0 Å². The second-order valence-corrected chi connectivity index (χ2v) is 5.53. The van der Waals surface area contributed by atoms with Crippen molar-refractivity contribution in [3.8, 4) is 0 Å². The van der Waals surface area contributed by atoms with Gasteiger partial charge in [0.05, 0.1) is 0 Å². The van der Waals surface area contributed by atoms with Gasteiger partial charge in [0.2, 0.25) is 0 Å². The van der Waals surface area contributed by atoms with Crippen LogP contribution in [0.1, 0.15) is 44.6 Å². The molecule has 0 saturated carbocycles. The highest BCUT2D eigenvalue weighted by atomic mass is 16.4. The average Bonchev–Trinajstić information content (AvgIpc) is 2.41. The Kier molecular flexibility index (Phi) is 5.43. The Morgan fingerprint density at radius 3 is 2.89 bits per heavy atom. The van der Waals surface area contributed by atoms with Gasteiger partial charge in [-0.05, 0) is 36.8 Å². The van der Waals surface area contributed by atoms with E-state index in [2.05, 4.69) is 17.9 Å². The number of nitrogens with zero attached hydrogens (tertiary/aromatic N) is 1. The molecule has 1 aliphatic rings. The van der Waals surface area contributed by atoms with Crippen LogP contribution in [-0.4, -0.2) is 34.7 Å². The first-order valence-corrected chi connectivity index (χ1v) is 7.39. The van der Waals surface area contributed by atoms with Gasteiger partial charge in [-0.25, -0.2) is 0 Å². The molecule has 0 aliphatic carbocycles. The van der Waals surface area contributed by atoms with Crippen LogP contribution in [0.25, 0.3) is 0 Å². The first-order chi connectivity index (χ1) is 9.20. The molecule has 1 fully saturated rings. The molecule has 2 rings (SSSR count). The molecule has 19 heavy (non-hydrogen) atoms. The number of rotatable bonds is 5. The molecule has 0 aromatic heterocycles. The van der Waals surface area contributed by atoms with Crippen LogP contribution in [0.5, 0.6) is 0 Å². The lowest BCUT2D eigenvalue weighted by atomic mass is 9.79. The molecule has 2 N–H and O–H groups in total. The highest BCUT2D eigenvalue weighted by Crippen LogP contribution is 2.22. The van der Waals surface area contributed by atoms with Crippen LogP contribution in [0.2, 0.25) is 0 Å². The average molecular weight is 261 g/mol. The molecule has 1 aliphatic heterocycles. The van der Waals surface area contributed by atoms with E-state index in [1.54, 1.807) is 6.07 Å². The lowest BCUT2D eigenvalue weighted by Gasteiger charge is -2.35. The normalized spacial score (nSPS) is 20.5. The highest BCUT2D eigenvalue weighted by Gasteiger charge is 2.21. The van der Waals surface area contributed by atoms with E-state index in [4.69, 9.17) is 0 Å². The third-order valence-electron chi connectivity index (χ3n) is 4.01. The smallest absolute Gasteiger partial charge is 0.423 e. The van der Waals surface area contributed by atoms with Crippen molar-refractivity contribution in [2.45, 2.75) is 51.6 Å². The number of likely N-dealkylation sites (tertiary alicyclic amines) is 1. The first-order valence-electron chi connectivity index (χ1n) is 7.39. The van der Waals surface area contributed by atoms with E-state index in [0.717, 1.165) is 13.1 Å². The van der Waals surface area contributed by atoms with Crippen molar-refractivity contribution in [1.29, 1.82) is 0 Å². The summed E-state index contributed by atoms with van der Waals surface area (Å²) in [6.45, 7) is 4.33. The lowest BCUT2D eigenvalue weighted by molar-refractivity contribution is 0.131. The molecular weight excluding hydrogens is 237 g/mol. The van der Waals surface area contributed by atoms with Crippen LogP contribution < -0.4 is 5.46 Å². The summed E-state index contributed by atoms with van der Waals surface area (Å²) in [5.74, 6) is 0. The molecule has 4 heteroatoms. The van der Waals surface area contributed by atoms with Crippen molar-refractivity contribution in [2.75, 3.05) is 6.54 Å². The zero-order valence-electron chi connectivity index (χ0n) is 11.8. The maximum atomic E-state index is 9.23. The van der Waals surface area contributed by atoms with Gasteiger partial charge in [-0.1, -0.05) is 44.0 Å². The minimum absolute atomic E-state index is 0.585. The van der Waals surface area contributed by atoms with Gasteiger partial charge in [0.25, 0.3) is 0 Å². The second-order valence-electron chi connectivity index (χ2n) is 5.53. The molecule has 0 amide bonds. The quantitative estimate of drug-likeness (QED) is 0.790. The third-order valence-corrected chi connectivity index (χ3v) is 4.01. The van der Waals surface area contributed by atoms with Crippen molar-refractivity contribution < 1.29 is 10.0 Å². The van der Waals surface area contributed by atoms with Gasteiger partial charge in [0.1, 0.15) is 0 Å². The fraction of sp³-hybridized carbons (Fsp3) is 0.600. The highest BCUT2D eigenvalue weighted by molar-refractivity contribution is 6.58. The molecule has 0 radical (unpaired) electrons. The van der Waals surface area contributed by atoms with Crippen LogP contribution in [0.4, 0.5) is 0 Å². The van der Waals surface area contributed by atoms with Gasteiger partial charge in [0.15, 0.2) is 0 Å². The Labute approximate surface area is 116 Å². The summed E-state index contributed by atoms with van der Waals surface area (Å²) >= 11 is 0. The van der Waals surface area contributed by atoms with E-state index in [9.17, 15) is 10.0 Å². The summed E-state index contributed by atoms with van der Waals surface area (Å²) in [5, 5.41) is 18.5. The van der Waals surface area contributed by atoms with Crippen molar-refractivity contribution >= 4 is 12.6 Å². The molecule has 1 saturated heterocycles. The van der Waals surface area contributed by atoms with Crippen LogP contribution >= 0.6 is 0 Å². The van der Waals surface area contributed by atoms with E-state index < -0.39 is 7.12 Å². The number of hydrogen-bond acceptors (Lipinski definition) is 3. The predicted molar refractivity (Wildman–Crippen MR) is 79.2 cm³/mol. The predicted octanol–water partition coefficient (Wildman–Crippen LogP) is 1.52. The lowest BCUT2D eigenvalue weighted by Crippen LogP contribution is -2.39. The zero-order valence-corrected chi connectivity index (χ0v) is 11.8. The topological polar surface area (TPSA) is 43.7 Å². The third kappa shape index (κ3) is 4.06. The molecular formula is C15H24BNO2. The van der Waals surface area contributed by atoms with E-state index in [1.807, 2.05) is 12.1 Å². The Morgan fingerprint density at radius 2 is 2.16 bits per heavy atom. The fourth-order valence-corrected chi connectivity index (χ4v) is 3.01. The Hall–Kier alpha value is -0.835. The fourth-order valence-electron chi connectivity index (χ4n) is 3.01. The van der Waals surface area contributed by atoms with Crippen molar-refractivity contribution in [3.63, 3.8) is 0 Å². The maximum Gasteiger partial charge on any atom is 0.488 e. The molecule has 1 heterocycles. The second kappa shape index (κ2) is 7.08. The molecule has 0 spiro atoms. The van der Waals surface area contributed by atoms with Gasteiger partial charge < -0.3 is 10.0 Å². The summed E-state index contributed by atoms with van der Waals surface area (Å²) < 4.78 is 0. The molecule has 3 nitrogen and oxygen atoms in total. The van der Waals surface area contributed by atoms with Gasteiger partial charge in [-0.3, -0.25) is 4.90 Å². The summed E-state index contributed by atoms with van der Waals surface area (Å²) in [6.07, 6.45) is 6.42. The molecule has 1 aromatic carbocycles. The summed E-state index contributed by atoms with van der Waals surface area (Å²) in [6, 6.07) is 8.34. The minimum Gasteiger partial charge on any atom is -0.423 e.